The van der Waals surface area contributed by atoms with Crippen molar-refractivity contribution in [3.63, 3.8) is 0 Å². The van der Waals surface area contributed by atoms with Crippen LogP contribution in [0.2, 0.25) is 0 Å². The average Bonchev–Trinajstić information content (AvgIpc) is 3.44. The van der Waals surface area contributed by atoms with Crippen LogP contribution in [0.5, 0.6) is 0 Å². The first-order valence-electron chi connectivity index (χ1n) is 9.22. The van der Waals surface area contributed by atoms with E-state index in [0.717, 1.165) is 11.1 Å². The van der Waals surface area contributed by atoms with Crippen molar-refractivity contribution in [3.8, 4) is 22.7 Å². The van der Waals surface area contributed by atoms with E-state index in [1.54, 1.807) is 36.5 Å². The molecule has 0 atom stereocenters. The summed E-state index contributed by atoms with van der Waals surface area (Å²) in [5, 5.41) is 2.87. The number of fused-ring (bicyclic) bond motifs is 1. The van der Waals surface area contributed by atoms with Gasteiger partial charge in [-0.1, -0.05) is 12.1 Å². The Kier molecular flexibility index (Phi) is 4.33. The molecule has 0 aliphatic rings. The summed E-state index contributed by atoms with van der Waals surface area (Å²) in [6, 6.07) is 18.8. The number of amides is 1. The van der Waals surface area contributed by atoms with E-state index >= 15 is 0 Å². The molecule has 0 saturated heterocycles. The molecule has 0 aliphatic carbocycles. The zero-order valence-corrected chi connectivity index (χ0v) is 15.6. The Morgan fingerprint density at radius 3 is 2.47 bits per heavy atom. The van der Waals surface area contributed by atoms with Gasteiger partial charge in [-0.15, -0.1) is 0 Å². The molecule has 5 rings (SSSR count). The molecule has 0 radical (unpaired) electrons. The number of oxazole rings is 1. The number of benzene rings is 3. The molecule has 1 amide bonds. The maximum Gasteiger partial charge on any atom is 0.255 e. The average molecular weight is 398 g/mol. The van der Waals surface area contributed by atoms with Gasteiger partial charge in [0, 0.05) is 22.4 Å². The molecular weight excluding hydrogens is 383 g/mol. The van der Waals surface area contributed by atoms with Crippen molar-refractivity contribution >= 4 is 22.6 Å². The SMILES string of the molecule is O=C(Nc1ccc(-c2nc3ccc(F)cc3[nH]2)cc1)c1ccc(-c2cnco2)cc1. The number of imidazole rings is 1. The lowest BCUT2D eigenvalue weighted by molar-refractivity contribution is 0.102. The van der Waals surface area contributed by atoms with Gasteiger partial charge in [-0.2, -0.15) is 0 Å². The normalized spacial score (nSPS) is 11.0. The molecule has 0 unspecified atom stereocenters. The fourth-order valence-corrected chi connectivity index (χ4v) is 3.18. The largest absolute Gasteiger partial charge is 0.444 e. The van der Waals surface area contributed by atoms with Gasteiger partial charge >= 0.3 is 0 Å². The molecular formula is C23H15FN4O2. The summed E-state index contributed by atoms with van der Waals surface area (Å²) in [7, 11) is 0. The van der Waals surface area contributed by atoms with Crippen molar-refractivity contribution in [3.05, 3.63) is 90.7 Å². The number of halogens is 1. The number of hydrogen-bond acceptors (Lipinski definition) is 4. The smallest absolute Gasteiger partial charge is 0.255 e. The standard InChI is InChI=1S/C23H15FN4O2/c24-17-7-10-19-20(11-17)28-22(27-19)15-5-8-18(9-6-15)26-23(29)16-3-1-14(2-4-16)21-12-25-13-30-21/h1-13H,(H,26,29)(H,27,28). The Morgan fingerprint density at radius 1 is 0.967 bits per heavy atom. The molecule has 0 saturated carbocycles. The second-order valence-corrected chi connectivity index (χ2v) is 6.72. The molecule has 146 valence electrons. The molecule has 0 bridgehead atoms. The van der Waals surface area contributed by atoms with Gasteiger partial charge in [0.1, 0.15) is 11.6 Å². The van der Waals surface area contributed by atoms with Crippen molar-refractivity contribution in [1.29, 1.82) is 0 Å². The van der Waals surface area contributed by atoms with Crippen molar-refractivity contribution in [2.24, 2.45) is 0 Å². The van der Waals surface area contributed by atoms with Gasteiger partial charge in [0.05, 0.1) is 17.2 Å². The zero-order chi connectivity index (χ0) is 20.5. The molecule has 0 spiro atoms. The van der Waals surface area contributed by atoms with Crippen molar-refractivity contribution in [2.45, 2.75) is 0 Å². The number of aromatic amines is 1. The van der Waals surface area contributed by atoms with Crippen molar-refractivity contribution in [2.75, 3.05) is 5.32 Å². The van der Waals surface area contributed by atoms with Gasteiger partial charge in [-0.05, 0) is 54.6 Å². The van der Waals surface area contributed by atoms with Crippen LogP contribution in [0, 0.1) is 5.82 Å². The van der Waals surface area contributed by atoms with E-state index in [0.29, 0.717) is 33.9 Å². The van der Waals surface area contributed by atoms with E-state index in [-0.39, 0.29) is 11.7 Å². The molecule has 3 aromatic carbocycles. The third-order valence-electron chi connectivity index (χ3n) is 4.72. The van der Waals surface area contributed by atoms with E-state index in [4.69, 9.17) is 4.42 Å². The number of rotatable bonds is 4. The predicted molar refractivity (Wildman–Crippen MR) is 111 cm³/mol. The van der Waals surface area contributed by atoms with Crippen LogP contribution in [-0.4, -0.2) is 20.9 Å². The minimum Gasteiger partial charge on any atom is -0.444 e. The zero-order valence-electron chi connectivity index (χ0n) is 15.6. The van der Waals surface area contributed by atoms with Crippen LogP contribution in [0.3, 0.4) is 0 Å². The van der Waals surface area contributed by atoms with E-state index in [2.05, 4.69) is 20.3 Å². The molecule has 5 aromatic rings. The quantitative estimate of drug-likeness (QED) is 0.432. The highest BCUT2D eigenvalue weighted by Crippen LogP contribution is 2.23. The molecule has 30 heavy (non-hydrogen) atoms. The number of H-pyrrole nitrogens is 1. The molecule has 6 nitrogen and oxygen atoms in total. The highest BCUT2D eigenvalue weighted by molar-refractivity contribution is 6.04. The van der Waals surface area contributed by atoms with Crippen LogP contribution in [0.4, 0.5) is 10.1 Å². The van der Waals surface area contributed by atoms with E-state index in [1.807, 2.05) is 24.3 Å². The molecule has 2 heterocycles. The monoisotopic (exact) mass is 398 g/mol. The maximum atomic E-state index is 13.4. The van der Waals surface area contributed by atoms with E-state index in [9.17, 15) is 9.18 Å². The summed E-state index contributed by atoms with van der Waals surface area (Å²) < 4.78 is 18.6. The minimum atomic E-state index is -0.315. The number of hydrogen-bond donors (Lipinski definition) is 2. The summed E-state index contributed by atoms with van der Waals surface area (Å²) in [5.41, 5.74) is 4.20. The number of carbonyl (C=O) groups is 1. The molecule has 0 fully saturated rings. The summed E-state index contributed by atoms with van der Waals surface area (Å²) in [4.78, 5) is 24.0. The number of carbonyl (C=O) groups excluding carboxylic acids is 1. The van der Waals surface area contributed by atoms with Gasteiger partial charge < -0.3 is 14.7 Å². The summed E-state index contributed by atoms with van der Waals surface area (Å²) in [6.07, 6.45) is 2.98. The Labute approximate surface area is 170 Å². The second-order valence-electron chi connectivity index (χ2n) is 6.72. The van der Waals surface area contributed by atoms with Crippen LogP contribution < -0.4 is 5.32 Å². The van der Waals surface area contributed by atoms with Gasteiger partial charge in [0.15, 0.2) is 12.2 Å². The lowest BCUT2D eigenvalue weighted by Crippen LogP contribution is -2.11. The topological polar surface area (TPSA) is 83.8 Å². The predicted octanol–water partition coefficient (Wildman–Crippen LogP) is 5.28. The minimum absolute atomic E-state index is 0.217. The van der Waals surface area contributed by atoms with Gasteiger partial charge in [-0.3, -0.25) is 4.79 Å². The summed E-state index contributed by atoms with van der Waals surface area (Å²) in [6.45, 7) is 0. The number of anilines is 1. The van der Waals surface area contributed by atoms with Crippen molar-refractivity contribution < 1.29 is 13.6 Å². The number of nitrogens with one attached hydrogen (secondary N) is 2. The Morgan fingerprint density at radius 2 is 1.73 bits per heavy atom. The fourth-order valence-electron chi connectivity index (χ4n) is 3.18. The van der Waals surface area contributed by atoms with Crippen LogP contribution in [0.1, 0.15) is 10.4 Å². The lowest BCUT2D eigenvalue weighted by Gasteiger charge is -2.06. The molecule has 2 N–H and O–H groups in total. The van der Waals surface area contributed by atoms with Crippen LogP contribution >= 0.6 is 0 Å². The highest BCUT2D eigenvalue weighted by Gasteiger charge is 2.10. The third kappa shape index (κ3) is 3.44. The molecule has 0 aliphatic heterocycles. The third-order valence-corrected chi connectivity index (χ3v) is 4.72. The van der Waals surface area contributed by atoms with E-state index < -0.39 is 0 Å². The Hall–Kier alpha value is -4.26. The lowest BCUT2D eigenvalue weighted by atomic mass is 10.1. The van der Waals surface area contributed by atoms with Crippen LogP contribution in [0.15, 0.2) is 83.7 Å². The first-order valence-corrected chi connectivity index (χ1v) is 9.22. The van der Waals surface area contributed by atoms with Crippen LogP contribution in [0.25, 0.3) is 33.7 Å². The first-order chi connectivity index (χ1) is 14.7. The Bertz CT molecular complexity index is 1320. The second kappa shape index (κ2) is 7.29. The fraction of sp³-hybridized carbons (Fsp3) is 0. The molecule has 2 aromatic heterocycles. The van der Waals surface area contributed by atoms with Gasteiger partial charge in [0.25, 0.3) is 5.91 Å². The maximum absolute atomic E-state index is 13.4. The van der Waals surface area contributed by atoms with Gasteiger partial charge in [-0.25, -0.2) is 14.4 Å². The Balaban J connectivity index is 1.31. The van der Waals surface area contributed by atoms with Gasteiger partial charge in [0.2, 0.25) is 0 Å². The first kappa shape index (κ1) is 17.8. The summed E-state index contributed by atoms with van der Waals surface area (Å²) in [5.74, 6) is 0.748. The summed E-state index contributed by atoms with van der Waals surface area (Å²) >= 11 is 0. The molecule has 7 heteroatoms. The number of nitrogens with zero attached hydrogens (tertiary/aromatic N) is 2. The van der Waals surface area contributed by atoms with Crippen LogP contribution in [-0.2, 0) is 0 Å². The number of aromatic nitrogens is 3. The van der Waals surface area contributed by atoms with Crippen molar-refractivity contribution in [1.82, 2.24) is 15.0 Å². The highest BCUT2D eigenvalue weighted by atomic mass is 19.1. The van der Waals surface area contributed by atoms with E-state index in [1.165, 1.54) is 18.5 Å².